The number of nitrogens with two attached hydrogens (primary N) is 1. The Morgan fingerprint density at radius 3 is 2.55 bits per heavy atom. The Balaban J connectivity index is 2.85. The van der Waals surface area contributed by atoms with Crippen LogP contribution < -0.4 is 15.8 Å². The van der Waals surface area contributed by atoms with Crippen molar-refractivity contribution < 1.29 is 13.2 Å². The van der Waals surface area contributed by atoms with Gasteiger partial charge in [0.25, 0.3) is 0 Å². The maximum Gasteiger partial charge on any atom is 0.229 e. The molecule has 8 heteroatoms. The van der Waals surface area contributed by atoms with Gasteiger partial charge < -0.3 is 11.1 Å². The van der Waals surface area contributed by atoms with Crippen LogP contribution >= 0.6 is 11.6 Å². The smallest absolute Gasteiger partial charge is 0.229 e. The van der Waals surface area contributed by atoms with Gasteiger partial charge >= 0.3 is 0 Å². The van der Waals surface area contributed by atoms with Gasteiger partial charge in [-0.3, -0.25) is 9.52 Å². The minimum atomic E-state index is -3.40. The lowest BCUT2D eigenvalue weighted by Crippen LogP contribution is -2.28. The molecule has 1 amide bonds. The van der Waals surface area contributed by atoms with E-state index in [1.807, 2.05) is 6.92 Å². The predicted octanol–water partition coefficient (Wildman–Crippen LogP) is 1.63. The highest BCUT2D eigenvalue weighted by atomic mass is 35.5. The molecule has 112 valence electrons. The molecule has 1 aromatic carbocycles. The Bertz CT molecular complexity index is 586. The maximum atomic E-state index is 11.9. The van der Waals surface area contributed by atoms with Gasteiger partial charge in [0.05, 0.1) is 22.9 Å². The first-order chi connectivity index (χ1) is 9.26. The van der Waals surface area contributed by atoms with Crippen molar-refractivity contribution >= 4 is 38.9 Å². The van der Waals surface area contributed by atoms with Crippen molar-refractivity contribution in [3.63, 3.8) is 0 Å². The molecule has 0 aliphatic heterocycles. The Morgan fingerprint density at radius 2 is 2.10 bits per heavy atom. The van der Waals surface area contributed by atoms with Crippen LogP contribution in [0.3, 0.4) is 0 Å². The second-order valence-electron chi connectivity index (χ2n) is 4.40. The molecule has 1 atom stereocenters. The monoisotopic (exact) mass is 319 g/mol. The third-order valence-electron chi connectivity index (χ3n) is 2.68. The van der Waals surface area contributed by atoms with Crippen LogP contribution in [0.5, 0.6) is 0 Å². The number of carbonyl (C=O) groups is 1. The van der Waals surface area contributed by atoms with Crippen molar-refractivity contribution in [1.82, 2.24) is 0 Å². The Morgan fingerprint density at radius 1 is 1.45 bits per heavy atom. The van der Waals surface area contributed by atoms with Crippen LogP contribution in [0, 0.1) is 5.92 Å². The SMILES string of the molecule is CCC(CN)C(=O)Nc1ccc(NS(C)(=O)=O)c(Cl)c1. The van der Waals surface area contributed by atoms with Crippen molar-refractivity contribution in [2.24, 2.45) is 11.7 Å². The fourth-order valence-corrected chi connectivity index (χ4v) is 2.44. The Labute approximate surface area is 123 Å². The highest BCUT2D eigenvalue weighted by Gasteiger charge is 2.15. The molecule has 1 rings (SSSR count). The van der Waals surface area contributed by atoms with Gasteiger partial charge in [0.1, 0.15) is 0 Å². The van der Waals surface area contributed by atoms with Crippen molar-refractivity contribution in [3.8, 4) is 0 Å². The van der Waals surface area contributed by atoms with Crippen LogP contribution in [0.15, 0.2) is 18.2 Å². The number of halogens is 1. The summed E-state index contributed by atoms with van der Waals surface area (Å²) in [6.07, 6.45) is 1.68. The minimum Gasteiger partial charge on any atom is -0.330 e. The molecule has 0 fully saturated rings. The number of sulfonamides is 1. The number of benzene rings is 1. The number of anilines is 2. The van der Waals surface area contributed by atoms with Crippen molar-refractivity contribution in [2.75, 3.05) is 22.8 Å². The average Bonchev–Trinajstić information content (AvgIpc) is 2.33. The van der Waals surface area contributed by atoms with Gasteiger partial charge in [-0.25, -0.2) is 8.42 Å². The predicted molar refractivity (Wildman–Crippen MR) is 81.4 cm³/mol. The van der Waals surface area contributed by atoms with E-state index in [1.54, 1.807) is 6.07 Å². The van der Waals surface area contributed by atoms with Gasteiger partial charge in [-0.05, 0) is 24.6 Å². The van der Waals surface area contributed by atoms with E-state index in [1.165, 1.54) is 12.1 Å². The molecule has 0 saturated carbocycles. The van der Waals surface area contributed by atoms with Crippen molar-refractivity contribution in [3.05, 3.63) is 23.2 Å². The van der Waals surface area contributed by atoms with E-state index in [0.29, 0.717) is 12.1 Å². The van der Waals surface area contributed by atoms with Crippen LogP contribution in [0.1, 0.15) is 13.3 Å². The van der Waals surface area contributed by atoms with Gasteiger partial charge in [0.15, 0.2) is 0 Å². The molecule has 20 heavy (non-hydrogen) atoms. The maximum absolute atomic E-state index is 11.9. The number of carbonyl (C=O) groups excluding carboxylic acids is 1. The Kier molecular flexibility index (Phi) is 5.79. The topological polar surface area (TPSA) is 101 Å². The van der Waals surface area contributed by atoms with E-state index < -0.39 is 10.0 Å². The number of rotatable bonds is 6. The number of amides is 1. The van der Waals surface area contributed by atoms with Crippen LogP contribution in [-0.2, 0) is 14.8 Å². The number of hydrogen-bond acceptors (Lipinski definition) is 4. The molecular formula is C12H18ClN3O3S. The van der Waals surface area contributed by atoms with Crippen LogP contribution in [0.2, 0.25) is 5.02 Å². The summed E-state index contributed by atoms with van der Waals surface area (Å²) in [5.74, 6) is -0.447. The summed E-state index contributed by atoms with van der Waals surface area (Å²) in [6, 6.07) is 4.54. The van der Waals surface area contributed by atoms with Gasteiger partial charge in [-0.15, -0.1) is 0 Å². The van der Waals surface area contributed by atoms with Crippen molar-refractivity contribution in [2.45, 2.75) is 13.3 Å². The molecule has 0 radical (unpaired) electrons. The van der Waals surface area contributed by atoms with E-state index >= 15 is 0 Å². The van der Waals surface area contributed by atoms with Crippen LogP contribution in [0.25, 0.3) is 0 Å². The zero-order valence-electron chi connectivity index (χ0n) is 11.3. The molecule has 1 aromatic rings. The molecule has 0 aliphatic carbocycles. The minimum absolute atomic E-state index is 0.185. The van der Waals surface area contributed by atoms with E-state index in [-0.39, 0.29) is 29.1 Å². The van der Waals surface area contributed by atoms with E-state index in [2.05, 4.69) is 10.0 Å². The zero-order valence-corrected chi connectivity index (χ0v) is 12.9. The summed E-state index contributed by atoms with van der Waals surface area (Å²) in [5.41, 5.74) is 6.25. The molecule has 0 aromatic heterocycles. The fraction of sp³-hybridized carbons (Fsp3) is 0.417. The second kappa shape index (κ2) is 6.92. The lowest BCUT2D eigenvalue weighted by molar-refractivity contribution is -0.119. The first-order valence-corrected chi connectivity index (χ1v) is 8.32. The normalized spacial score (nSPS) is 12.8. The largest absolute Gasteiger partial charge is 0.330 e. The summed E-state index contributed by atoms with van der Waals surface area (Å²) in [4.78, 5) is 11.9. The second-order valence-corrected chi connectivity index (χ2v) is 6.55. The molecule has 0 saturated heterocycles. The summed E-state index contributed by atoms with van der Waals surface area (Å²) in [6.45, 7) is 2.15. The molecule has 0 aliphatic rings. The average molecular weight is 320 g/mol. The van der Waals surface area contributed by atoms with E-state index in [9.17, 15) is 13.2 Å². The first kappa shape index (κ1) is 16.7. The molecular weight excluding hydrogens is 302 g/mol. The summed E-state index contributed by atoms with van der Waals surface area (Å²) in [5, 5.41) is 2.90. The third kappa shape index (κ3) is 4.99. The Hall–Kier alpha value is -1.31. The standard InChI is InChI=1S/C12H18ClN3O3S/c1-3-8(7-14)12(17)15-9-4-5-11(10(13)6-9)16-20(2,18)19/h4-6,8,16H,3,7,14H2,1-2H3,(H,15,17). The molecule has 0 spiro atoms. The summed E-state index contributed by atoms with van der Waals surface area (Å²) in [7, 11) is -3.40. The highest BCUT2D eigenvalue weighted by molar-refractivity contribution is 7.92. The fourth-order valence-electron chi connectivity index (χ4n) is 1.58. The van der Waals surface area contributed by atoms with Gasteiger partial charge in [0.2, 0.25) is 15.9 Å². The molecule has 6 nitrogen and oxygen atoms in total. The zero-order chi connectivity index (χ0) is 15.3. The number of nitrogens with one attached hydrogen (secondary N) is 2. The van der Waals surface area contributed by atoms with Crippen molar-refractivity contribution in [1.29, 1.82) is 0 Å². The summed E-state index contributed by atoms with van der Waals surface area (Å²) < 4.78 is 24.5. The van der Waals surface area contributed by atoms with E-state index in [4.69, 9.17) is 17.3 Å². The van der Waals surface area contributed by atoms with Gasteiger partial charge in [-0.1, -0.05) is 18.5 Å². The molecule has 1 unspecified atom stereocenters. The summed E-state index contributed by atoms with van der Waals surface area (Å²) >= 11 is 5.96. The van der Waals surface area contributed by atoms with Crippen LogP contribution in [-0.4, -0.2) is 27.1 Å². The lowest BCUT2D eigenvalue weighted by Gasteiger charge is -2.14. The van der Waals surface area contributed by atoms with Crippen LogP contribution in [0.4, 0.5) is 11.4 Å². The third-order valence-corrected chi connectivity index (χ3v) is 3.58. The molecule has 4 N–H and O–H groups in total. The quantitative estimate of drug-likeness (QED) is 0.741. The number of hydrogen-bond donors (Lipinski definition) is 3. The molecule has 0 bridgehead atoms. The first-order valence-electron chi connectivity index (χ1n) is 6.05. The highest BCUT2D eigenvalue weighted by Crippen LogP contribution is 2.26. The van der Waals surface area contributed by atoms with E-state index in [0.717, 1.165) is 6.26 Å². The molecule has 0 heterocycles. The lowest BCUT2D eigenvalue weighted by atomic mass is 10.1. The van der Waals surface area contributed by atoms with Gasteiger partial charge in [0, 0.05) is 12.2 Å². The van der Waals surface area contributed by atoms with Gasteiger partial charge in [-0.2, -0.15) is 0 Å².